The summed E-state index contributed by atoms with van der Waals surface area (Å²) < 4.78 is 4.32. The Bertz CT molecular complexity index is 761. The highest BCUT2D eigenvalue weighted by atomic mass is 16.6. The summed E-state index contributed by atoms with van der Waals surface area (Å²) in [5.74, 6) is -4.50. The van der Waals surface area contributed by atoms with Gasteiger partial charge in [0.05, 0.1) is 12.9 Å². The van der Waals surface area contributed by atoms with Crippen molar-refractivity contribution in [2.45, 2.75) is 43.6 Å². The number of hydrogen-bond donors (Lipinski definition) is 9. The van der Waals surface area contributed by atoms with E-state index in [4.69, 9.17) is 36.4 Å². The Morgan fingerprint density at radius 2 is 2.00 bits per heavy atom. The number of aliphatic carboxylic acids is 2. The van der Waals surface area contributed by atoms with Crippen molar-refractivity contribution >= 4 is 17.9 Å². The first-order chi connectivity index (χ1) is 14.6. The lowest BCUT2D eigenvalue weighted by molar-refractivity contribution is -0.147. The first-order valence-electron chi connectivity index (χ1n) is 9.12. The average Bonchev–Trinajstić information content (AvgIpc) is 3.48. The first-order valence-corrected chi connectivity index (χ1v) is 9.12. The van der Waals surface area contributed by atoms with Gasteiger partial charge >= 0.3 is 17.9 Å². The molecular weight excluding hydrogens is 420 g/mol. The minimum Gasteiger partial charge on any atom is -0.505 e. The standard InChI is InChI=1S/C6H9N3O2.C6H8O6.C5H9NO2/c7-5(6(10)11)1-4-2-8-3-9-4;7-1-2(8)5-3(9)4(10)6(11)12-5;7-5(8)4-2-1-3-6-4/h2-3,5H,1,7H2,(H,8,9)(H,10,11);2,5,7-10H,1H2;4,6H,1-3H2,(H,7,8)/t5-;2-,5+;/m00./s1. The first kappa shape index (κ1) is 25.8. The monoisotopic (exact) mass is 446 g/mol. The van der Waals surface area contributed by atoms with E-state index in [0.717, 1.165) is 25.1 Å². The number of carbonyl (C=O) groups is 3. The Morgan fingerprint density at radius 3 is 2.35 bits per heavy atom. The molecule has 0 amide bonds. The molecule has 10 N–H and O–H groups in total. The maximum Gasteiger partial charge on any atom is 0.377 e. The summed E-state index contributed by atoms with van der Waals surface area (Å²) in [6.07, 6.45) is 2.34. The van der Waals surface area contributed by atoms with Crippen LogP contribution in [0.3, 0.4) is 0 Å². The van der Waals surface area contributed by atoms with E-state index in [9.17, 15) is 14.4 Å². The van der Waals surface area contributed by atoms with E-state index in [-0.39, 0.29) is 12.5 Å². The smallest absolute Gasteiger partial charge is 0.377 e. The highest BCUT2D eigenvalue weighted by molar-refractivity contribution is 5.89. The second-order valence-electron chi connectivity index (χ2n) is 6.52. The molecule has 3 rings (SSSR count). The molecule has 1 unspecified atom stereocenters. The summed E-state index contributed by atoms with van der Waals surface area (Å²) in [6, 6.07) is -1.12. The second-order valence-corrected chi connectivity index (χ2v) is 6.52. The highest BCUT2D eigenvalue weighted by Crippen LogP contribution is 2.20. The summed E-state index contributed by atoms with van der Waals surface area (Å²) in [5.41, 5.74) is 6.00. The number of esters is 1. The third-order valence-electron chi connectivity index (χ3n) is 4.15. The Labute approximate surface area is 176 Å². The molecule has 2 aliphatic heterocycles. The molecule has 0 aromatic carbocycles. The van der Waals surface area contributed by atoms with Crippen molar-refractivity contribution in [2.24, 2.45) is 5.73 Å². The van der Waals surface area contributed by atoms with Crippen LogP contribution >= 0.6 is 0 Å². The number of imidazole rings is 1. The van der Waals surface area contributed by atoms with Crippen LogP contribution in [0.15, 0.2) is 24.0 Å². The molecule has 4 atom stereocenters. The Morgan fingerprint density at radius 1 is 1.32 bits per heavy atom. The number of aliphatic hydroxyl groups is 4. The van der Waals surface area contributed by atoms with E-state index in [2.05, 4.69) is 20.0 Å². The number of nitrogens with one attached hydrogen (secondary N) is 2. The number of nitrogens with two attached hydrogens (primary N) is 1. The SMILES string of the molecule is N[C@@H](Cc1cnc[nH]1)C(=O)O.O=C(O)C1CCCN1.O=C1O[C@H]([C@@H](O)CO)C(O)=C1O. The Kier molecular flexibility index (Phi) is 10.4. The van der Waals surface area contributed by atoms with Crippen LogP contribution in [0.4, 0.5) is 0 Å². The molecule has 1 fully saturated rings. The molecule has 2 aliphatic rings. The van der Waals surface area contributed by atoms with Gasteiger partial charge in [-0.05, 0) is 19.4 Å². The molecule has 1 saturated heterocycles. The van der Waals surface area contributed by atoms with Crippen LogP contribution in [0.2, 0.25) is 0 Å². The molecule has 0 saturated carbocycles. The number of carboxylic acid groups (broad SMARTS) is 2. The number of aromatic nitrogens is 2. The van der Waals surface area contributed by atoms with Crippen molar-refractivity contribution in [1.29, 1.82) is 0 Å². The van der Waals surface area contributed by atoms with Gasteiger partial charge in [0.25, 0.3) is 0 Å². The number of nitrogens with zero attached hydrogens (tertiary/aromatic N) is 1. The molecule has 0 bridgehead atoms. The molecule has 0 aliphatic carbocycles. The zero-order valence-corrected chi connectivity index (χ0v) is 16.3. The van der Waals surface area contributed by atoms with E-state index in [1.165, 1.54) is 6.33 Å². The summed E-state index contributed by atoms with van der Waals surface area (Å²) in [6.45, 7) is 0.187. The van der Waals surface area contributed by atoms with Gasteiger partial charge in [-0.1, -0.05) is 0 Å². The molecule has 174 valence electrons. The van der Waals surface area contributed by atoms with Gasteiger partial charge in [-0.3, -0.25) is 9.59 Å². The van der Waals surface area contributed by atoms with Gasteiger partial charge < -0.3 is 51.4 Å². The average molecular weight is 446 g/mol. The summed E-state index contributed by atoms with van der Waals surface area (Å²) >= 11 is 0. The van der Waals surface area contributed by atoms with Gasteiger partial charge in [-0.2, -0.15) is 0 Å². The van der Waals surface area contributed by atoms with E-state index in [1.54, 1.807) is 6.20 Å². The van der Waals surface area contributed by atoms with Crippen molar-refractivity contribution in [1.82, 2.24) is 15.3 Å². The second kappa shape index (κ2) is 12.5. The number of H-pyrrole nitrogens is 1. The van der Waals surface area contributed by atoms with Crippen LogP contribution in [0.1, 0.15) is 18.5 Å². The predicted octanol–water partition coefficient (Wildman–Crippen LogP) is -2.22. The van der Waals surface area contributed by atoms with Crippen LogP contribution in [0, 0.1) is 0 Å². The van der Waals surface area contributed by atoms with E-state index in [0.29, 0.717) is 0 Å². The number of cyclic esters (lactones) is 1. The minimum atomic E-state index is -1.42. The largest absolute Gasteiger partial charge is 0.505 e. The Balaban J connectivity index is 0.000000237. The maximum absolute atomic E-state index is 10.5. The lowest BCUT2D eigenvalue weighted by atomic mass is 10.2. The van der Waals surface area contributed by atoms with Gasteiger partial charge in [-0.15, -0.1) is 0 Å². The van der Waals surface area contributed by atoms with Gasteiger partial charge in [0, 0.05) is 18.3 Å². The summed E-state index contributed by atoms with van der Waals surface area (Å²) in [4.78, 5) is 37.4. The van der Waals surface area contributed by atoms with Crippen molar-refractivity contribution in [3.05, 3.63) is 29.7 Å². The quantitative estimate of drug-likeness (QED) is 0.210. The van der Waals surface area contributed by atoms with Crippen LogP contribution in [-0.4, -0.2) is 96.0 Å². The molecule has 3 heterocycles. The van der Waals surface area contributed by atoms with Crippen LogP contribution < -0.4 is 11.1 Å². The number of carbonyl (C=O) groups excluding carboxylic acids is 1. The van der Waals surface area contributed by atoms with Crippen LogP contribution in [-0.2, 0) is 25.5 Å². The number of aliphatic hydroxyl groups excluding tert-OH is 4. The number of rotatable bonds is 6. The topological polar surface area (TPSA) is 249 Å². The fourth-order valence-electron chi connectivity index (χ4n) is 2.44. The van der Waals surface area contributed by atoms with Gasteiger partial charge in [0.2, 0.25) is 5.76 Å². The number of aromatic amines is 1. The molecule has 14 nitrogen and oxygen atoms in total. The predicted molar refractivity (Wildman–Crippen MR) is 102 cm³/mol. The molecule has 14 heteroatoms. The molecule has 1 aromatic heterocycles. The Hall–Kier alpha value is -3.20. The van der Waals surface area contributed by atoms with Gasteiger partial charge in [0.1, 0.15) is 18.2 Å². The van der Waals surface area contributed by atoms with E-state index >= 15 is 0 Å². The van der Waals surface area contributed by atoms with Gasteiger partial charge in [-0.25, -0.2) is 9.78 Å². The number of carboxylic acids is 2. The van der Waals surface area contributed by atoms with Crippen molar-refractivity contribution in [3.63, 3.8) is 0 Å². The number of hydrogen-bond acceptors (Lipinski definition) is 11. The zero-order chi connectivity index (χ0) is 23.6. The third-order valence-corrected chi connectivity index (χ3v) is 4.15. The molecule has 1 aromatic rings. The molecule has 0 spiro atoms. The lowest BCUT2D eigenvalue weighted by Crippen LogP contribution is -2.32. The fraction of sp³-hybridized carbons (Fsp3) is 0.529. The number of ether oxygens (including phenoxy) is 1. The molecular formula is C17H26N4O10. The van der Waals surface area contributed by atoms with Crippen molar-refractivity contribution in [3.8, 4) is 0 Å². The van der Waals surface area contributed by atoms with Crippen LogP contribution in [0.25, 0.3) is 0 Å². The summed E-state index contributed by atoms with van der Waals surface area (Å²) in [5, 5.41) is 54.7. The fourth-order valence-corrected chi connectivity index (χ4v) is 2.44. The van der Waals surface area contributed by atoms with E-state index < -0.39 is 54.3 Å². The third kappa shape index (κ3) is 8.21. The van der Waals surface area contributed by atoms with E-state index in [1.807, 2.05) is 0 Å². The summed E-state index contributed by atoms with van der Waals surface area (Å²) in [7, 11) is 0. The molecule has 0 radical (unpaired) electrons. The van der Waals surface area contributed by atoms with Crippen LogP contribution in [0.5, 0.6) is 0 Å². The van der Waals surface area contributed by atoms with Gasteiger partial charge in [0.15, 0.2) is 11.9 Å². The minimum absolute atomic E-state index is 0.269. The van der Waals surface area contributed by atoms with Crippen molar-refractivity contribution < 1.29 is 49.8 Å². The molecule has 31 heavy (non-hydrogen) atoms. The highest BCUT2D eigenvalue weighted by Gasteiger charge is 2.38. The normalized spacial score (nSPS) is 21.8. The van der Waals surface area contributed by atoms with Crippen molar-refractivity contribution in [2.75, 3.05) is 13.2 Å². The maximum atomic E-state index is 10.5. The zero-order valence-electron chi connectivity index (χ0n) is 16.3. The lowest BCUT2D eigenvalue weighted by Gasteiger charge is -2.13.